The SMILES string of the molecule is CC1Cc2ccccc2C1C.CC1Cc2ccccc2C1C.CCC(C)(C)C(=O)OC(C)(c1ccccc1)c1ccccc1.CCC(C)(C)C(=O)OC(CC)(c1ccccc1)c1ccccc1.CCC(C)c1ccc(O)cc1.CCC(C)c1ccc(O)cc1.CCC(C)c1ccc(OC(OC2CC3CC2C2CCCC32)C(C)C)cc1.CCC(C)c1ccc(OC(OC2CC3CC2C2CCCC32)C(C)C)cc1. The van der Waals surface area contributed by atoms with Gasteiger partial charge >= 0.3 is 11.9 Å². The fourth-order valence-electron chi connectivity index (χ4n) is 22.8. The molecule has 2 N–H and O–H groups in total. The lowest BCUT2D eigenvalue weighted by molar-refractivity contribution is -0.168. The standard InChI is InChI=1S/2C24H36O2.C21H26O2.C20H24O2.2C11H14.2C10H14O/c2*1-5-16(4)17-9-11-19(12-10-17)25-24(15(2)3)26-23-14-18-13-22(23)21-8-6-7-20(18)21;1-5-20(3,4)19(22)23-21(6-2,17-13-9-7-10-14-17)18-15-11-8-12-16-18;1-5-19(2,3)18(21)22-20(4,16-12-8-6-9-13-16)17-14-10-7-11-15-17;2*1-8-7-10-5-3-4-6-11(10)9(8)2;2*1-3-8(2)9-4-6-10(11)7-5-9/h2*9-12,15-16,18,20-24H,5-8,13-14H2,1-4H3;7-16H,5-6H2,1-4H3;6-15H,5H2,1-4H3;2*3-6,8-9H,7H2,1-2H3;2*4-8,11H,3H2,1-2H3. The van der Waals surface area contributed by atoms with E-state index in [4.69, 9.17) is 38.6 Å². The Morgan fingerprint density at radius 3 is 0.922 bits per heavy atom. The lowest BCUT2D eigenvalue weighted by Crippen LogP contribution is -2.38. The summed E-state index contributed by atoms with van der Waals surface area (Å²) in [5.74, 6) is 16.0. The molecule has 6 fully saturated rings. The molecular formula is C131H178O10. The lowest BCUT2D eigenvalue weighted by Gasteiger charge is -2.36. The molecule has 0 heterocycles. The van der Waals surface area contributed by atoms with Gasteiger partial charge in [-0.15, -0.1) is 0 Å². The second kappa shape index (κ2) is 52.7. The molecule has 762 valence electrons. The van der Waals surface area contributed by atoms with Gasteiger partial charge in [0.25, 0.3) is 0 Å². The van der Waals surface area contributed by atoms with Crippen LogP contribution in [0.2, 0.25) is 0 Å². The quantitative estimate of drug-likeness (QED) is 0.0345. The number of esters is 2. The van der Waals surface area contributed by atoms with E-state index in [0.717, 1.165) is 130 Å². The minimum atomic E-state index is -0.786. The van der Waals surface area contributed by atoms with Crippen LogP contribution >= 0.6 is 0 Å². The summed E-state index contributed by atoms with van der Waals surface area (Å²) in [7, 11) is 0. The second-order valence-electron chi connectivity index (χ2n) is 44.9. The molecule has 10 aromatic carbocycles. The van der Waals surface area contributed by atoms with Crippen molar-refractivity contribution < 1.29 is 48.2 Å². The molecular weight excluding hydrogens is 1730 g/mol. The summed E-state index contributed by atoms with van der Waals surface area (Å²) in [6, 6.07) is 89.6. The number of carbonyl (C=O) groups excluding carboxylic acids is 2. The first kappa shape index (κ1) is 112. The van der Waals surface area contributed by atoms with Gasteiger partial charge in [-0.05, 0) is 343 Å². The van der Waals surface area contributed by atoms with Crippen molar-refractivity contribution in [2.75, 3.05) is 0 Å². The number of fused-ring (bicyclic) bond motifs is 12. The Morgan fingerprint density at radius 2 is 0.624 bits per heavy atom. The van der Waals surface area contributed by atoms with Gasteiger partial charge < -0.3 is 38.6 Å². The van der Waals surface area contributed by atoms with Gasteiger partial charge in [0, 0.05) is 23.0 Å². The molecule has 10 heteroatoms. The number of hydrogen-bond donors (Lipinski definition) is 2. The van der Waals surface area contributed by atoms with Crippen LogP contribution in [0.25, 0.3) is 0 Å². The van der Waals surface area contributed by atoms with Gasteiger partial charge in [0.2, 0.25) is 12.6 Å². The van der Waals surface area contributed by atoms with E-state index >= 15 is 0 Å². The molecule has 0 radical (unpaired) electrons. The molecule has 0 saturated heterocycles. The average molecular weight is 1910 g/mol. The highest BCUT2D eigenvalue weighted by Crippen LogP contribution is 2.61. The fourth-order valence-corrected chi connectivity index (χ4v) is 22.8. The molecule has 6 saturated carbocycles. The third-order valence-electron chi connectivity index (χ3n) is 34.2. The van der Waals surface area contributed by atoms with Gasteiger partial charge in [0.15, 0.2) is 11.2 Å². The largest absolute Gasteiger partial charge is 0.508 e. The van der Waals surface area contributed by atoms with Gasteiger partial charge in [0.1, 0.15) is 23.0 Å². The number of phenolic OH excluding ortho intramolecular Hbond substituents is 2. The Kier molecular flexibility index (Phi) is 41.7. The summed E-state index contributed by atoms with van der Waals surface area (Å²) in [6.07, 6.45) is 24.0. The molecule has 20 atom stereocenters. The van der Waals surface area contributed by atoms with Crippen LogP contribution in [-0.4, -0.2) is 46.9 Å². The summed E-state index contributed by atoms with van der Waals surface area (Å²) in [5, 5.41) is 18.0. The maximum atomic E-state index is 12.8. The second-order valence-corrected chi connectivity index (χ2v) is 44.9. The van der Waals surface area contributed by atoms with Gasteiger partial charge in [0.05, 0.1) is 23.0 Å². The summed E-state index contributed by atoms with van der Waals surface area (Å²) < 4.78 is 38.0. The molecule has 0 amide bonds. The van der Waals surface area contributed by atoms with Crippen molar-refractivity contribution in [3.8, 4) is 23.0 Å². The van der Waals surface area contributed by atoms with Crippen LogP contribution < -0.4 is 9.47 Å². The first-order chi connectivity index (χ1) is 67.5. The minimum Gasteiger partial charge on any atom is -0.508 e. The molecule has 8 aliphatic carbocycles. The van der Waals surface area contributed by atoms with Crippen LogP contribution in [0.15, 0.2) is 267 Å². The van der Waals surface area contributed by atoms with Gasteiger partial charge in [-0.2, -0.15) is 0 Å². The Balaban J connectivity index is 0.000000158. The maximum Gasteiger partial charge on any atom is 0.312 e. The molecule has 0 spiro atoms. The monoisotopic (exact) mass is 1910 g/mol. The van der Waals surface area contributed by atoms with Crippen LogP contribution in [0.3, 0.4) is 0 Å². The zero-order valence-electron chi connectivity index (χ0n) is 90.7. The predicted molar refractivity (Wildman–Crippen MR) is 585 cm³/mol. The molecule has 20 unspecified atom stereocenters. The van der Waals surface area contributed by atoms with E-state index < -0.39 is 22.0 Å². The third kappa shape index (κ3) is 29.1. The van der Waals surface area contributed by atoms with E-state index in [-0.39, 0.29) is 24.5 Å². The summed E-state index contributed by atoms with van der Waals surface area (Å²) >= 11 is 0. The Labute approximate surface area is 852 Å². The predicted octanol–water partition coefficient (Wildman–Crippen LogP) is 34.8. The molecule has 141 heavy (non-hydrogen) atoms. The van der Waals surface area contributed by atoms with Crippen molar-refractivity contribution in [1.82, 2.24) is 0 Å². The van der Waals surface area contributed by atoms with Crippen LogP contribution in [0, 0.1) is 81.8 Å². The number of ether oxygens (including phenoxy) is 6. The highest BCUT2D eigenvalue weighted by atomic mass is 16.7. The van der Waals surface area contributed by atoms with E-state index in [1.807, 2.05) is 194 Å². The topological polar surface area (TPSA) is 130 Å². The van der Waals surface area contributed by atoms with Gasteiger partial charge in [-0.25, -0.2) is 0 Å². The molecule has 10 aromatic rings. The van der Waals surface area contributed by atoms with Crippen molar-refractivity contribution in [2.45, 2.75) is 360 Å². The Morgan fingerprint density at radius 1 is 0.333 bits per heavy atom. The average Bonchev–Trinajstić information content (AvgIpc) is 1.61. The van der Waals surface area contributed by atoms with Crippen molar-refractivity contribution in [3.63, 3.8) is 0 Å². The van der Waals surface area contributed by atoms with E-state index in [1.54, 1.807) is 46.5 Å². The normalized spacial score (nSPS) is 23.2. The Bertz CT molecular complexity index is 5020. The molecule has 10 nitrogen and oxygen atoms in total. The number of benzene rings is 10. The van der Waals surface area contributed by atoms with Crippen molar-refractivity contribution in [1.29, 1.82) is 0 Å². The zero-order valence-corrected chi connectivity index (χ0v) is 90.7. The number of carbonyl (C=O) groups is 2. The fraction of sp³-hybridized carbons (Fsp3) is 0.527. The summed E-state index contributed by atoms with van der Waals surface area (Å²) in [4.78, 5) is 25.4. The van der Waals surface area contributed by atoms with Crippen LogP contribution in [0.5, 0.6) is 23.0 Å². The minimum absolute atomic E-state index is 0.131. The van der Waals surface area contributed by atoms with E-state index in [0.29, 0.717) is 65.6 Å². The van der Waals surface area contributed by atoms with E-state index in [1.165, 1.54) is 112 Å². The number of phenols is 2. The zero-order chi connectivity index (χ0) is 102. The molecule has 0 aliphatic heterocycles. The van der Waals surface area contributed by atoms with Crippen LogP contribution in [0.1, 0.15) is 378 Å². The number of rotatable bonds is 29. The highest BCUT2D eigenvalue weighted by Gasteiger charge is 2.57. The van der Waals surface area contributed by atoms with E-state index in [2.05, 4.69) is 215 Å². The highest BCUT2D eigenvalue weighted by molar-refractivity contribution is 5.77. The van der Waals surface area contributed by atoms with Gasteiger partial charge in [-0.3, -0.25) is 9.59 Å². The molecule has 4 bridgehead atoms. The van der Waals surface area contributed by atoms with Crippen LogP contribution in [-0.2, 0) is 52.6 Å². The summed E-state index contributed by atoms with van der Waals surface area (Å²) in [6.45, 7) is 51.7. The van der Waals surface area contributed by atoms with Crippen LogP contribution in [0.4, 0.5) is 0 Å². The third-order valence-corrected chi connectivity index (χ3v) is 34.2. The lowest BCUT2D eigenvalue weighted by atomic mass is 9.80. The first-order valence-electron chi connectivity index (χ1n) is 54.8. The van der Waals surface area contributed by atoms with Crippen molar-refractivity contribution in [2.24, 2.45) is 81.8 Å². The smallest absolute Gasteiger partial charge is 0.312 e. The maximum absolute atomic E-state index is 12.8. The van der Waals surface area contributed by atoms with Crippen molar-refractivity contribution in [3.05, 3.63) is 334 Å². The van der Waals surface area contributed by atoms with E-state index in [9.17, 15) is 9.59 Å². The van der Waals surface area contributed by atoms with Crippen molar-refractivity contribution >= 4 is 11.9 Å². The molecule has 0 aromatic heterocycles. The first-order valence-corrected chi connectivity index (χ1v) is 54.8. The number of aromatic hydroxyl groups is 2. The molecule has 18 rings (SSSR count). The van der Waals surface area contributed by atoms with Gasteiger partial charge in [-0.1, -0.05) is 363 Å². The summed E-state index contributed by atoms with van der Waals surface area (Å²) in [5.41, 5.74) is 13.1. The Hall–Kier alpha value is -9.74. The molecule has 8 aliphatic rings. The number of hydrogen-bond acceptors (Lipinski definition) is 10.